The molecule has 1 atom stereocenters. The monoisotopic (exact) mass is 204 g/mol. The first-order chi connectivity index (χ1) is 3.80. The number of hydrogen-bond donors (Lipinski definition) is 0. The third-order valence-corrected chi connectivity index (χ3v) is 1.97. The fourth-order valence-corrected chi connectivity index (χ4v) is 0.836. The Morgan fingerprint density at radius 1 is 1.22 bits per heavy atom. The van der Waals surface area contributed by atoms with Crippen molar-refractivity contribution in [3.05, 3.63) is 34.3 Å². The number of halogens is 1. The Kier molecular flexibility index (Phi) is 4.09. The van der Waals surface area contributed by atoms with Crippen molar-refractivity contribution in [2.24, 2.45) is 0 Å². The van der Waals surface area contributed by atoms with Crippen LogP contribution in [0.2, 0.25) is 0 Å². The molecule has 1 aromatic rings. The van der Waals surface area contributed by atoms with Gasteiger partial charge in [0.1, 0.15) is 0 Å². The van der Waals surface area contributed by atoms with Crippen LogP contribution in [0.1, 0.15) is 5.56 Å². The molecule has 0 N–H and O–H groups in total. The summed E-state index contributed by atoms with van der Waals surface area (Å²) >= 11 is 3.40. The van der Waals surface area contributed by atoms with Gasteiger partial charge in [-0.2, -0.15) is 9.90 Å². The molecule has 0 aromatic heterocycles. The predicted molar refractivity (Wildman–Crippen MR) is 50.0 cm³/mol. The largest absolute Gasteiger partial charge is 0.153 e. The van der Waals surface area contributed by atoms with Gasteiger partial charge in [-0.15, -0.1) is 0 Å². The molecule has 50 valence electrons. The fraction of sp³-hybridized carbons (Fsp3) is 0.143. The molecule has 0 saturated carbocycles. The van der Waals surface area contributed by atoms with Crippen molar-refractivity contribution < 1.29 is 0 Å². The quantitative estimate of drug-likeness (QED) is 0.571. The van der Waals surface area contributed by atoms with Crippen molar-refractivity contribution in [2.45, 2.75) is 6.92 Å². The Morgan fingerprint density at radius 3 is 2.11 bits per heavy atom. The van der Waals surface area contributed by atoms with Crippen molar-refractivity contribution >= 4 is 25.8 Å². The molecule has 1 aromatic carbocycles. The van der Waals surface area contributed by atoms with E-state index in [1.54, 1.807) is 0 Å². The van der Waals surface area contributed by atoms with E-state index in [1.165, 1.54) is 10.0 Å². The van der Waals surface area contributed by atoms with Gasteiger partial charge in [0.15, 0.2) is 0 Å². The second-order valence-corrected chi connectivity index (χ2v) is 2.60. The second-order valence-electron chi connectivity index (χ2n) is 1.75. The molecule has 0 fully saturated rings. The zero-order valence-electron chi connectivity index (χ0n) is 5.39. The minimum absolute atomic E-state index is 0. The first-order valence-corrected chi connectivity index (χ1v) is 3.31. The van der Waals surface area contributed by atoms with Gasteiger partial charge in [0.25, 0.3) is 0 Å². The van der Waals surface area contributed by atoms with Crippen LogP contribution in [0.5, 0.6) is 0 Å². The third-order valence-electron chi connectivity index (χ3n) is 1.08. The Balaban J connectivity index is 0.000000640. The molecule has 1 unspecified atom stereocenters. The summed E-state index contributed by atoms with van der Waals surface area (Å²) < 4.78 is 1.18. The Bertz CT molecular complexity index is 165. The predicted octanol–water partition coefficient (Wildman–Crippen LogP) is 2.82. The highest BCUT2D eigenvalue weighted by molar-refractivity contribution is 9.10. The van der Waals surface area contributed by atoms with E-state index in [-0.39, 0.29) is 9.90 Å². The number of rotatable bonds is 0. The van der Waals surface area contributed by atoms with Crippen molar-refractivity contribution in [3.8, 4) is 0 Å². The molecular formula is C7H10BrP. The Hall–Kier alpha value is 0.130. The van der Waals surface area contributed by atoms with Gasteiger partial charge in [-0.25, -0.2) is 0 Å². The van der Waals surface area contributed by atoms with Crippen molar-refractivity contribution in [3.63, 3.8) is 0 Å². The maximum atomic E-state index is 3.40. The normalized spacial score (nSPS) is 8.22. The summed E-state index contributed by atoms with van der Waals surface area (Å²) in [6, 6.07) is 8.15. The average molecular weight is 205 g/mol. The van der Waals surface area contributed by atoms with Crippen LogP contribution < -0.4 is 0 Å². The fourth-order valence-electron chi connectivity index (χ4n) is 0.551. The molecule has 0 radical (unpaired) electrons. The molecule has 9 heavy (non-hydrogen) atoms. The van der Waals surface area contributed by atoms with E-state index in [9.17, 15) is 0 Å². The van der Waals surface area contributed by atoms with Gasteiger partial charge in [-0.1, -0.05) is 34.1 Å². The van der Waals surface area contributed by atoms with E-state index >= 15 is 0 Å². The molecular weight excluding hydrogens is 195 g/mol. The summed E-state index contributed by atoms with van der Waals surface area (Å²) in [5.74, 6) is 0. The lowest BCUT2D eigenvalue weighted by molar-refractivity contribution is 1.43. The lowest BCUT2D eigenvalue weighted by atomic mass is 10.2. The van der Waals surface area contributed by atoms with E-state index in [2.05, 4.69) is 28.9 Å². The molecule has 2 heteroatoms. The molecule has 0 nitrogen and oxygen atoms in total. The maximum Gasteiger partial charge on any atom is 0.0204 e. The van der Waals surface area contributed by atoms with Crippen LogP contribution in [0.25, 0.3) is 0 Å². The molecule has 0 bridgehead atoms. The van der Waals surface area contributed by atoms with Crippen LogP contribution in [0, 0.1) is 6.92 Å². The highest BCUT2D eigenvalue weighted by Gasteiger charge is 1.85. The number of hydrogen-bond acceptors (Lipinski definition) is 0. The van der Waals surface area contributed by atoms with E-state index in [0.717, 1.165) is 0 Å². The summed E-state index contributed by atoms with van der Waals surface area (Å²) in [5.41, 5.74) is 1.28. The summed E-state index contributed by atoms with van der Waals surface area (Å²) in [5, 5.41) is 0. The lowest BCUT2D eigenvalue weighted by Crippen LogP contribution is -1.69. The molecule has 1 rings (SSSR count). The van der Waals surface area contributed by atoms with Gasteiger partial charge in [0, 0.05) is 4.47 Å². The lowest BCUT2D eigenvalue weighted by Gasteiger charge is -1.91. The SMILES string of the molecule is Cc1ccccc1Br.P. The minimum atomic E-state index is 0. The molecule has 0 spiro atoms. The standard InChI is InChI=1S/C7H7Br.H3P/c1-6-4-2-3-5-7(6)8;/h2-5H,1H3;1H3. The van der Waals surface area contributed by atoms with Gasteiger partial charge >= 0.3 is 0 Å². The molecule has 0 aliphatic heterocycles. The van der Waals surface area contributed by atoms with Gasteiger partial charge in [-0.3, -0.25) is 0 Å². The van der Waals surface area contributed by atoms with Crippen molar-refractivity contribution in [1.29, 1.82) is 0 Å². The van der Waals surface area contributed by atoms with Gasteiger partial charge in [0.2, 0.25) is 0 Å². The van der Waals surface area contributed by atoms with Crippen LogP contribution in [0.3, 0.4) is 0 Å². The maximum absolute atomic E-state index is 3.40. The van der Waals surface area contributed by atoms with E-state index in [0.29, 0.717) is 0 Å². The van der Waals surface area contributed by atoms with Crippen LogP contribution in [0.15, 0.2) is 28.7 Å². The van der Waals surface area contributed by atoms with E-state index in [1.807, 2.05) is 18.2 Å². The third kappa shape index (κ3) is 2.47. The molecule has 0 amide bonds. The van der Waals surface area contributed by atoms with Gasteiger partial charge in [0.05, 0.1) is 0 Å². The first-order valence-electron chi connectivity index (χ1n) is 2.52. The molecule has 0 aliphatic carbocycles. The topological polar surface area (TPSA) is 0 Å². The Labute approximate surface area is 67.4 Å². The first kappa shape index (κ1) is 9.13. The van der Waals surface area contributed by atoms with Gasteiger partial charge in [-0.05, 0) is 18.6 Å². The zero-order valence-corrected chi connectivity index (χ0v) is 8.39. The zero-order chi connectivity index (χ0) is 5.98. The van der Waals surface area contributed by atoms with Crippen LogP contribution in [-0.2, 0) is 0 Å². The van der Waals surface area contributed by atoms with Crippen molar-refractivity contribution in [1.82, 2.24) is 0 Å². The Morgan fingerprint density at radius 2 is 1.78 bits per heavy atom. The summed E-state index contributed by atoms with van der Waals surface area (Å²) in [7, 11) is 0. The van der Waals surface area contributed by atoms with E-state index < -0.39 is 0 Å². The molecule has 0 saturated heterocycles. The van der Waals surface area contributed by atoms with Crippen LogP contribution in [-0.4, -0.2) is 0 Å². The van der Waals surface area contributed by atoms with Crippen LogP contribution in [0.4, 0.5) is 0 Å². The summed E-state index contributed by atoms with van der Waals surface area (Å²) in [6.07, 6.45) is 0. The van der Waals surface area contributed by atoms with Gasteiger partial charge < -0.3 is 0 Å². The van der Waals surface area contributed by atoms with Crippen molar-refractivity contribution in [2.75, 3.05) is 0 Å². The smallest absolute Gasteiger partial charge is 0.0204 e. The molecule has 0 heterocycles. The van der Waals surface area contributed by atoms with E-state index in [4.69, 9.17) is 0 Å². The highest BCUT2D eigenvalue weighted by atomic mass is 79.9. The van der Waals surface area contributed by atoms with Crippen LogP contribution >= 0.6 is 25.8 Å². The second kappa shape index (κ2) is 4.03. The average Bonchev–Trinajstić information content (AvgIpc) is 1.77. The summed E-state index contributed by atoms with van der Waals surface area (Å²) in [4.78, 5) is 0. The minimum Gasteiger partial charge on any atom is -0.153 e. The number of aryl methyl sites for hydroxylation is 1. The molecule has 0 aliphatic rings. The highest BCUT2D eigenvalue weighted by Crippen LogP contribution is 2.13. The summed E-state index contributed by atoms with van der Waals surface area (Å²) in [6.45, 7) is 2.07. The number of benzene rings is 1.